The van der Waals surface area contributed by atoms with Crippen molar-refractivity contribution in [2.45, 2.75) is 24.7 Å². The van der Waals surface area contributed by atoms with Crippen molar-refractivity contribution in [1.82, 2.24) is 4.31 Å². The van der Waals surface area contributed by atoms with Crippen molar-refractivity contribution in [3.05, 3.63) is 26.7 Å². The summed E-state index contributed by atoms with van der Waals surface area (Å²) in [7, 11) is -3.57. The lowest BCUT2D eigenvalue weighted by Crippen LogP contribution is -2.39. The maximum atomic E-state index is 12.6. The predicted octanol–water partition coefficient (Wildman–Crippen LogP) is 4.18. The Bertz CT molecular complexity index is 592. The molecule has 19 heavy (non-hydrogen) atoms. The Balaban J connectivity index is 2.42. The number of hydrogen-bond acceptors (Lipinski definition) is 2. The molecular weight excluding hydrogens is 373 g/mol. The van der Waals surface area contributed by atoms with Gasteiger partial charge in [0.05, 0.1) is 10.0 Å². The molecule has 1 aromatic rings. The molecule has 0 N–H and O–H groups in total. The van der Waals surface area contributed by atoms with Crippen molar-refractivity contribution >= 4 is 49.2 Å². The van der Waals surface area contributed by atoms with Crippen molar-refractivity contribution in [2.24, 2.45) is 5.92 Å². The van der Waals surface area contributed by atoms with Gasteiger partial charge in [-0.15, -0.1) is 0 Å². The van der Waals surface area contributed by atoms with E-state index < -0.39 is 10.0 Å². The minimum absolute atomic E-state index is 0.0801. The molecule has 1 fully saturated rings. The van der Waals surface area contributed by atoms with Gasteiger partial charge in [0.25, 0.3) is 0 Å². The van der Waals surface area contributed by atoms with Gasteiger partial charge in [-0.05, 0) is 46.8 Å². The van der Waals surface area contributed by atoms with E-state index in [-0.39, 0.29) is 9.92 Å². The third kappa shape index (κ3) is 3.27. The fraction of sp³-hybridized carbons (Fsp3) is 0.500. The van der Waals surface area contributed by atoms with E-state index in [9.17, 15) is 8.42 Å². The summed E-state index contributed by atoms with van der Waals surface area (Å²) >= 11 is 15.2. The van der Waals surface area contributed by atoms with Crippen LogP contribution < -0.4 is 0 Å². The second kappa shape index (κ2) is 5.90. The van der Waals surface area contributed by atoms with E-state index in [2.05, 4.69) is 22.9 Å². The van der Waals surface area contributed by atoms with Crippen molar-refractivity contribution in [2.75, 3.05) is 13.1 Å². The van der Waals surface area contributed by atoms with Gasteiger partial charge in [0.2, 0.25) is 10.0 Å². The van der Waals surface area contributed by atoms with E-state index in [0.29, 0.717) is 28.5 Å². The summed E-state index contributed by atoms with van der Waals surface area (Å²) in [4.78, 5) is 0.0801. The van der Waals surface area contributed by atoms with Crippen LogP contribution in [-0.2, 0) is 10.0 Å². The largest absolute Gasteiger partial charge is 0.244 e. The van der Waals surface area contributed by atoms with E-state index in [1.165, 1.54) is 16.4 Å². The first kappa shape index (κ1) is 15.6. The Morgan fingerprint density at radius 3 is 2.63 bits per heavy atom. The molecule has 0 bridgehead atoms. The van der Waals surface area contributed by atoms with Gasteiger partial charge in [-0.2, -0.15) is 4.31 Å². The standard InChI is InChI=1S/C12H14BrCl2NO2S/c1-8-3-2-4-16(7-8)19(17,18)12-6-10(14)9(13)5-11(12)15/h5-6,8H,2-4,7H2,1H3/t8-/m0/s1. The SMILES string of the molecule is C[C@H]1CCCN(S(=O)(=O)c2cc(Cl)c(Br)cc2Cl)C1. The van der Waals surface area contributed by atoms with Gasteiger partial charge in [0, 0.05) is 17.6 Å². The van der Waals surface area contributed by atoms with Crippen LogP contribution in [0.4, 0.5) is 0 Å². The molecule has 2 rings (SSSR count). The minimum atomic E-state index is -3.57. The minimum Gasteiger partial charge on any atom is -0.207 e. The van der Waals surface area contributed by atoms with Crippen molar-refractivity contribution in [1.29, 1.82) is 0 Å². The molecule has 106 valence electrons. The predicted molar refractivity (Wildman–Crippen MR) is 81.3 cm³/mol. The van der Waals surface area contributed by atoms with E-state index in [4.69, 9.17) is 23.2 Å². The Morgan fingerprint density at radius 2 is 2.00 bits per heavy atom. The molecule has 1 heterocycles. The van der Waals surface area contributed by atoms with Gasteiger partial charge < -0.3 is 0 Å². The van der Waals surface area contributed by atoms with E-state index in [1.54, 1.807) is 0 Å². The zero-order chi connectivity index (χ0) is 14.2. The van der Waals surface area contributed by atoms with Crippen molar-refractivity contribution < 1.29 is 8.42 Å². The van der Waals surface area contributed by atoms with Crippen LogP contribution in [0.5, 0.6) is 0 Å². The number of sulfonamides is 1. The molecule has 3 nitrogen and oxygen atoms in total. The molecule has 1 saturated heterocycles. The number of hydrogen-bond donors (Lipinski definition) is 0. The maximum Gasteiger partial charge on any atom is 0.244 e. The van der Waals surface area contributed by atoms with Gasteiger partial charge in [-0.3, -0.25) is 0 Å². The van der Waals surface area contributed by atoms with Crippen LogP contribution in [0.15, 0.2) is 21.5 Å². The Kier molecular flexibility index (Phi) is 4.83. The molecule has 0 saturated carbocycles. The number of nitrogens with zero attached hydrogens (tertiary/aromatic N) is 1. The number of halogens is 3. The van der Waals surface area contributed by atoms with Crippen molar-refractivity contribution in [3.63, 3.8) is 0 Å². The van der Waals surface area contributed by atoms with E-state index in [1.807, 2.05) is 0 Å². The lowest BCUT2D eigenvalue weighted by molar-refractivity contribution is 0.281. The molecule has 0 aliphatic carbocycles. The topological polar surface area (TPSA) is 37.4 Å². The molecule has 1 atom stereocenters. The zero-order valence-corrected chi connectivity index (χ0v) is 14.3. The van der Waals surface area contributed by atoms with E-state index >= 15 is 0 Å². The molecule has 1 aliphatic rings. The number of piperidine rings is 1. The van der Waals surface area contributed by atoms with Gasteiger partial charge in [0.15, 0.2) is 0 Å². The lowest BCUT2D eigenvalue weighted by Gasteiger charge is -2.30. The first-order valence-corrected chi connectivity index (χ1v) is 8.96. The fourth-order valence-electron chi connectivity index (χ4n) is 2.21. The zero-order valence-electron chi connectivity index (χ0n) is 10.4. The maximum absolute atomic E-state index is 12.6. The molecular formula is C12H14BrCl2NO2S. The van der Waals surface area contributed by atoms with Crippen LogP contribution in [0.2, 0.25) is 10.0 Å². The monoisotopic (exact) mass is 385 g/mol. The summed E-state index contributed by atoms with van der Waals surface area (Å²) in [6.45, 7) is 3.13. The highest BCUT2D eigenvalue weighted by molar-refractivity contribution is 9.10. The summed E-state index contributed by atoms with van der Waals surface area (Å²) in [5, 5.41) is 0.530. The highest BCUT2D eigenvalue weighted by Crippen LogP contribution is 2.34. The molecule has 0 unspecified atom stereocenters. The Hall–Kier alpha value is 0.190. The van der Waals surface area contributed by atoms with E-state index in [0.717, 1.165) is 12.8 Å². The summed E-state index contributed by atoms with van der Waals surface area (Å²) in [5.41, 5.74) is 0. The van der Waals surface area contributed by atoms with Gasteiger partial charge >= 0.3 is 0 Å². The molecule has 0 spiro atoms. The van der Waals surface area contributed by atoms with Crippen LogP contribution in [0.1, 0.15) is 19.8 Å². The molecule has 0 aromatic heterocycles. The summed E-state index contributed by atoms with van der Waals surface area (Å²) in [5.74, 6) is 0.369. The molecule has 0 radical (unpaired) electrons. The average Bonchev–Trinajstić information content (AvgIpc) is 2.33. The second-order valence-corrected chi connectivity index (χ2v) is 8.38. The highest BCUT2D eigenvalue weighted by Gasteiger charge is 2.30. The highest BCUT2D eigenvalue weighted by atomic mass is 79.9. The third-order valence-electron chi connectivity index (χ3n) is 3.21. The average molecular weight is 387 g/mol. The van der Waals surface area contributed by atoms with Gasteiger partial charge in [0.1, 0.15) is 4.90 Å². The van der Waals surface area contributed by atoms with Crippen LogP contribution in [-0.4, -0.2) is 25.8 Å². The molecule has 1 aliphatic heterocycles. The quantitative estimate of drug-likeness (QED) is 0.715. The number of rotatable bonds is 2. The second-order valence-electron chi connectivity index (χ2n) is 4.81. The summed E-state index contributed by atoms with van der Waals surface area (Å²) < 4.78 is 27.3. The van der Waals surface area contributed by atoms with Crippen LogP contribution in [0.25, 0.3) is 0 Å². The summed E-state index contributed by atoms with van der Waals surface area (Å²) in [6, 6.07) is 2.92. The third-order valence-corrected chi connectivity index (χ3v) is 6.74. The first-order chi connectivity index (χ1) is 8.82. The van der Waals surface area contributed by atoms with Gasteiger partial charge in [-0.25, -0.2) is 8.42 Å². The Labute approximate surface area is 132 Å². The lowest BCUT2D eigenvalue weighted by atomic mass is 10.0. The fourth-order valence-corrected chi connectivity index (χ4v) is 5.04. The molecule has 0 amide bonds. The number of benzene rings is 1. The molecule has 1 aromatic carbocycles. The molecule has 7 heteroatoms. The Morgan fingerprint density at radius 1 is 1.32 bits per heavy atom. The van der Waals surface area contributed by atoms with Crippen LogP contribution >= 0.6 is 39.1 Å². The summed E-state index contributed by atoms with van der Waals surface area (Å²) in [6.07, 6.45) is 1.93. The van der Waals surface area contributed by atoms with Crippen LogP contribution in [0.3, 0.4) is 0 Å². The smallest absolute Gasteiger partial charge is 0.207 e. The first-order valence-electron chi connectivity index (χ1n) is 5.97. The van der Waals surface area contributed by atoms with Gasteiger partial charge in [-0.1, -0.05) is 30.1 Å². The normalized spacial score (nSPS) is 21.6. The van der Waals surface area contributed by atoms with Crippen molar-refractivity contribution in [3.8, 4) is 0 Å². The van der Waals surface area contributed by atoms with Crippen LogP contribution in [0, 0.1) is 5.92 Å².